The zero-order valence-electron chi connectivity index (χ0n) is 15.5. The standard InChI is InChI=1S/C23H20F2N2O/c1-23(21-7-2-3-11-26-21)10-12-27(22(28)15-23)18-6-4-5-16(13-18)19-9-8-17(24)14-20(19)25/h2-9,11,13-14H,10,12,15H2,1H3. The smallest absolute Gasteiger partial charge is 0.227 e. The minimum atomic E-state index is -0.621. The number of benzene rings is 2. The predicted molar refractivity (Wildman–Crippen MR) is 105 cm³/mol. The molecule has 0 N–H and O–H groups in total. The van der Waals surface area contributed by atoms with E-state index in [1.807, 2.05) is 24.3 Å². The van der Waals surface area contributed by atoms with Crippen LogP contribution >= 0.6 is 0 Å². The summed E-state index contributed by atoms with van der Waals surface area (Å²) in [5.41, 5.74) is 2.27. The lowest BCUT2D eigenvalue weighted by atomic mass is 9.76. The second-order valence-electron chi connectivity index (χ2n) is 7.42. The van der Waals surface area contributed by atoms with Crippen molar-refractivity contribution in [2.45, 2.75) is 25.2 Å². The monoisotopic (exact) mass is 378 g/mol. The first-order valence-electron chi connectivity index (χ1n) is 9.24. The number of halogens is 2. The summed E-state index contributed by atoms with van der Waals surface area (Å²) >= 11 is 0. The van der Waals surface area contributed by atoms with Crippen molar-refractivity contribution in [3.8, 4) is 11.1 Å². The summed E-state index contributed by atoms with van der Waals surface area (Å²) in [6.07, 6.45) is 2.89. The number of hydrogen-bond donors (Lipinski definition) is 0. The molecule has 1 aliphatic heterocycles. The van der Waals surface area contributed by atoms with Gasteiger partial charge in [0.05, 0.1) is 0 Å². The Kier molecular flexibility index (Phi) is 4.67. The lowest BCUT2D eigenvalue weighted by molar-refractivity contribution is -0.121. The molecular weight excluding hydrogens is 358 g/mol. The fourth-order valence-corrected chi connectivity index (χ4v) is 3.78. The zero-order valence-corrected chi connectivity index (χ0v) is 15.5. The lowest BCUT2D eigenvalue weighted by Crippen LogP contribution is -2.45. The Morgan fingerprint density at radius 1 is 1.04 bits per heavy atom. The minimum absolute atomic E-state index is 0.0103. The Morgan fingerprint density at radius 2 is 1.89 bits per heavy atom. The van der Waals surface area contributed by atoms with Gasteiger partial charge in [-0.1, -0.05) is 25.1 Å². The van der Waals surface area contributed by atoms with Crippen LogP contribution in [0.1, 0.15) is 25.5 Å². The summed E-state index contributed by atoms with van der Waals surface area (Å²) in [6.45, 7) is 2.62. The SMILES string of the molecule is CC1(c2ccccn2)CCN(c2cccc(-c3ccc(F)cc3F)c2)C(=O)C1. The molecule has 3 nitrogen and oxygen atoms in total. The van der Waals surface area contributed by atoms with Crippen molar-refractivity contribution in [3.05, 3.63) is 84.2 Å². The number of pyridine rings is 1. The van der Waals surface area contributed by atoms with E-state index in [1.165, 1.54) is 12.1 Å². The van der Waals surface area contributed by atoms with Crippen molar-refractivity contribution in [3.63, 3.8) is 0 Å². The predicted octanol–water partition coefficient (Wildman–Crippen LogP) is 5.11. The number of nitrogens with zero attached hydrogens (tertiary/aromatic N) is 2. The first-order chi connectivity index (χ1) is 13.5. The summed E-state index contributed by atoms with van der Waals surface area (Å²) < 4.78 is 27.3. The van der Waals surface area contributed by atoms with Gasteiger partial charge in [0, 0.05) is 47.6 Å². The van der Waals surface area contributed by atoms with E-state index >= 15 is 0 Å². The number of amides is 1. The van der Waals surface area contributed by atoms with Gasteiger partial charge in [0.15, 0.2) is 0 Å². The van der Waals surface area contributed by atoms with Crippen LogP contribution in [-0.4, -0.2) is 17.4 Å². The number of hydrogen-bond acceptors (Lipinski definition) is 2. The molecule has 0 saturated carbocycles. The number of piperidine rings is 1. The van der Waals surface area contributed by atoms with Crippen LogP contribution in [0, 0.1) is 11.6 Å². The van der Waals surface area contributed by atoms with E-state index in [0.717, 1.165) is 18.2 Å². The van der Waals surface area contributed by atoms with E-state index in [9.17, 15) is 13.6 Å². The maximum absolute atomic E-state index is 14.1. The highest BCUT2D eigenvalue weighted by atomic mass is 19.1. The maximum atomic E-state index is 14.1. The van der Waals surface area contributed by atoms with E-state index < -0.39 is 11.6 Å². The molecule has 3 aromatic rings. The van der Waals surface area contributed by atoms with Gasteiger partial charge in [0.1, 0.15) is 11.6 Å². The summed E-state index contributed by atoms with van der Waals surface area (Å²) in [5.74, 6) is -1.22. The number of carbonyl (C=O) groups excluding carboxylic acids is 1. The molecule has 1 aliphatic rings. The van der Waals surface area contributed by atoms with Crippen molar-refractivity contribution in [1.29, 1.82) is 0 Å². The van der Waals surface area contributed by atoms with E-state index in [-0.39, 0.29) is 11.3 Å². The molecule has 28 heavy (non-hydrogen) atoms. The molecule has 0 spiro atoms. The highest BCUT2D eigenvalue weighted by molar-refractivity contribution is 5.95. The summed E-state index contributed by atoms with van der Waals surface area (Å²) in [5, 5.41) is 0. The van der Waals surface area contributed by atoms with E-state index in [4.69, 9.17) is 0 Å². The van der Waals surface area contributed by atoms with E-state index in [2.05, 4.69) is 11.9 Å². The van der Waals surface area contributed by atoms with E-state index in [1.54, 1.807) is 29.3 Å². The number of aromatic nitrogens is 1. The van der Waals surface area contributed by atoms with Gasteiger partial charge in [0.25, 0.3) is 0 Å². The molecular formula is C23H20F2N2O. The molecule has 1 unspecified atom stereocenters. The van der Waals surface area contributed by atoms with Gasteiger partial charge < -0.3 is 4.90 Å². The van der Waals surface area contributed by atoms with Gasteiger partial charge in [-0.15, -0.1) is 0 Å². The van der Waals surface area contributed by atoms with Gasteiger partial charge in [-0.2, -0.15) is 0 Å². The topological polar surface area (TPSA) is 33.2 Å². The number of anilines is 1. The second kappa shape index (κ2) is 7.15. The van der Waals surface area contributed by atoms with Gasteiger partial charge in [0.2, 0.25) is 5.91 Å². The third kappa shape index (κ3) is 3.40. The Hall–Kier alpha value is -3.08. The number of carbonyl (C=O) groups is 1. The minimum Gasteiger partial charge on any atom is -0.312 e. The molecule has 1 atom stereocenters. The fraction of sp³-hybridized carbons (Fsp3) is 0.217. The molecule has 0 aliphatic carbocycles. The van der Waals surface area contributed by atoms with Crippen LogP contribution in [0.3, 0.4) is 0 Å². The molecule has 2 aromatic carbocycles. The van der Waals surface area contributed by atoms with Crippen LogP contribution in [0.15, 0.2) is 66.9 Å². The number of rotatable bonds is 3. The summed E-state index contributed by atoms with van der Waals surface area (Å²) in [4.78, 5) is 19.1. The lowest BCUT2D eigenvalue weighted by Gasteiger charge is -2.38. The Bertz CT molecular complexity index is 1020. The van der Waals surface area contributed by atoms with Crippen LogP contribution in [-0.2, 0) is 10.2 Å². The second-order valence-corrected chi connectivity index (χ2v) is 7.42. The van der Waals surface area contributed by atoms with Crippen molar-refractivity contribution in [2.24, 2.45) is 0 Å². The molecule has 2 heterocycles. The molecule has 1 amide bonds. The molecule has 0 bridgehead atoms. The third-order valence-electron chi connectivity index (χ3n) is 5.41. The van der Waals surface area contributed by atoms with Gasteiger partial charge in [-0.3, -0.25) is 9.78 Å². The normalized spacial score (nSPS) is 19.7. The zero-order chi connectivity index (χ0) is 19.7. The first-order valence-corrected chi connectivity index (χ1v) is 9.24. The van der Waals surface area contributed by atoms with Crippen LogP contribution in [0.25, 0.3) is 11.1 Å². The Morgan fingerprint density at radius 3 is 2.61 bits per heavy atom. The van der Waals surface area contributed by atoms with E-state index in [0.29, 0.717) is 29.8 Å². The molecule has 1 aromatic heterocycles. The summed E-state index contributed by atoms with van der Waals surface area (Å²) in [6, 6.07) is 16.4. The third-order valence-corrected chi connectivity index (χ3v) is 5.41. The Balaban J connectivity index is 1.60. The van der Waals surface area contributed by atoms with Gasteiger partial charge in [-0.05, 0) is 48.4 Å². The molecule has 0 radical (unpaired) electrons. The average Bonchev–Trinajstić information content (AvgIpc) is 2.69. The summed E-state index contributed by atoms with van der Waals surface area (Å²) in [7, 11) is 0. The molecule has 5 heteroatoms. The quantitative estimate of drug-likeness (QED) is 0.634. The van der Waals surface area contributed by atoms with Crippen LogP contribution in [0.5, 0.6) is 0 Å². The molecule has 4 rings (SSSR count). The highest BCUT2D eigenvalue weighted by Gasteiger charge is 2.38. The Labute approximate surface area is 162 Å². The van der Waals surface area contributed by atoms with Crippen LogP contribution in [0.2, 0.25) is 0 Å². The van der Waals surface area contributed by atoms with Crippen molar-refractivity contribution >= 4 is 11.6 Å². The molecule has 142 valence electrons. The van der Waals surface area contributed by atoms with Gasteiger partial charge in [-0.25, -0.2) is 8.78 Å². The first kappa shape index (κ1) is 18.3. The van der Waals surface area contributed by atoms with Crippen molar-refractivity contribution in [2.75, 3.05) is 11.4 Å². The van der Waals surface area contributed by atoms with Gasteiger partial charge >= 0.3 is 0 Å². The van der Waals surface area contributed by atoms with Crippen molar-refractivity contribution < 1.29 is 13.6 Å². The van der Waals surface area contributed by atoms with Crippen molar-refractivity contribution in [1.82, 2.24) is 4.98 Å². The maximum Gasteiger partial charge on any atom is 0.227 e. The largest absolute Gasteiger partial charge is 0.312 e. The van der Waals surface area contributed by atoms with Crippen LogP contribution < -0.4 is 4.90 Å². The van der Waals surface area contributed by atoms with Crippen LogP contribution in [0.4, 0.5) is 14.5 Å². The molecule has 1 saturated heterocycles. The fourth-order valence-electron chi connectivity index (χ4n) is 3.78. The highest BCUT2D eigenvalue weighted by Crippen LogP contribution is 2.37. The molecule has 1 fully saturated rings. The average molecular weight is 378 g/mol.